The standard InChI is InChI=1S/C32H36N4O3/c1-39-27-16-10-13-25(21-27)32(38)33-20-19-30-34-28-17-8-9-18-29(28)36(30)23-31(37)35(26-14-6-3-7-15-26)22-24-11-4-2-5-12-24/h2,4-5,8-13,16-18,21,26H,3,6-7,14-15,19-20,22-23H2,1H3,(H,33,38). The second-order valence-electron chi connectivity index (χ2n) is 10.1. The second kappa shape index (κ2) is 12.6. The first-order chi connectivity index (χ1) is 19.1. The molecule has 5 rings (SSSR count). The van der Waals surface area contributed by atoms with E-state index in [0.717, 1.165) is 48.1 Å². The number of fused-ring (bicyclic) bond motifs is 1. The number of rotatable bonds is 10. The molecule has 1 aliphatic rings. The van der Waals surface area contributed by atoms with Crippen LogP contribution in [0.2, 0.25) is 0 Å². The first-order valence-electron chi connectivity index (χ1n) is 13.8. The molecule has 1 aromatic heterocycles. The molecular formula is C32H36N4O3. The summed E-state index contributed by atoms with van der Waals surface area (Å²) in [5.74, 6) is 1.37. The van der Waals surface area contributed by atoms with Crippen LogP contribution >= 0.6 is 0 Å². The number of carbonyl (C=O) groups is 2. The Kier molecular flexibility index (Phi) is 8.56. The topological polar surface area (TPSA) is 76.5 Å². The van der Waals surface area contributed by atoms with Gasteiger partial charge in [0.15, 0.2) is 0 Å². The molecule has 1 aliphatic carbocycles. The minimum atomic E-state index is -0.168. The summed E-state index contributed by atoms with van der Waals surface area (Å²) in [6.07, 6.45) is 6.17. The van der Waals surface area contributed by atoms with Gasteiger partial charge in [-0.2, -0.15) is 0 Å². The molecule has 4 aromatic rings. The van der Waals surface area contributed by atoms with Gasteiger partial charge >= 0.3 is 0 Å². The van der Waals surface area contributed by atoms with Gasteiger partial charge in [-0.1, -0.05) is 67.8 Å². The van der Waals surface area contributed by atoms with Gasteiger partial charge in [0.2, 0.25) is 5.91 Å². The molecule has 0 bridgehead atoms. The molecule has 0 saturated heterocycles. The summed E-state index contributed by atoms with van der Waals surface area (Å²) in [5, 5.41) is 2.99. The highest BCUT2D eigenvalue weighted by Gasteiger charge is 2.27. The lowest BCUT2D eigenvalue weighted by atomic mass is 9.93. The first-order valence-corrected chi connectivity index (χ1v) is 13.8. The third kappa shape index (κ3) is 6.48. The van der Waals surface area contributed by atoms with Gasteiger partial charge < -0.3 is 19.5 Å². The minimum Gasteiger partial charge on any atom is -0.497 e. The third-order valence-electron chi connectivity index (χ3n) is 7.52. The van der Waals surface area contributed by atoms with Gasteiger partial charge in [0, 0.05) is 31.1 Å². The summed E-state index contributed by atoms with van der Waals surface area (Å²) in [5.41, 5.74) is 3.48. The van der Waals surface area contributed by atoms with Crippen molar-refractivity contribution in [1.29, 1.82) is 0 Å². The van der Waals surface area contributed by atoms with E-state index in [-0.39, 0.29) is 24.4 Å². The van der Waals surface area contributed by atoms with Crippen molar-refractivity contribution < 1.29 is 14.3 Å². The highest BCUT2D eigenvalue weighted by molar-refractivity contribution is 5.94. The molecular weight excluding hydrogens is 488 g/mol. The zero-order valence-corrected chi connectivity index (χ0v) is 22.5. The lowest BCUT2D eigenvalue weighted by Gasteiger charge is -2.35. The molecule has 0 aliphatic heterocycles. The van der Waals surface area contributed by atoms with Crippen molar-refractivity contribution in [2.24, 2.45) is 0 Å². The number of nitrogens with zero attached hydrogens (tertiary/aromatic N) is 3. The average Bonchev–Trinajstić information content (AvgIpc) is 3.33. The molecule has 1 saturated carbocycles. The molecule has 1 N–H and O–H groups in total. The van der Waals surface area contributed by atoms with E-state index in [1.807, 2.05) is 53.1 Å². The fourth-order valence-corrected chi connectivity index (χ4v) is 5.47. The van der Waals surface area contributed by atoms with Crippen molar-refractivity contribution in [3.8, 4) is 5.75 Å². The van der Waals surface area contributed by atoms with Gasteiger partial charge in [-0.05, 0) is 48.7 Å². The van der Waals surface area contributed by atoms with E-state index in [4.69, 9.17) is 9.72 Å². The molecule has 0 unspecified atom stereocenters. The maximum atomic E-state index is 13.9. The third-order valence-corrected chi connectivity index (χ3v) is 7.52. The lowest BCUT2D eigenvalue weighted by molar-refractivity contribution is -0.135. The Labute approximate surface area is 229 Å². The van der Waals surface area contributed by atoms with Crippen LogP contribution in [0.15, 0.2) is 78.9 Å². The normalized spacial score (nSPS) is 13.8. The predicted octanol–water partition coefficient (Wildman–Crippen LogP) is 5.38. The first kappa shape index (κ1) is 26.5. The lowest BCUT2D eigenvalue weighted by Crippen LogP contribution is -2.42. The fraction of sp³-hybridized carbons (Fsp3) is 0.344. The zero-order valence-electron chi connectivity index (χ0n) is 22.5. The van der Waals surface area contributed by atoms with E-state index in [1.54, 1.807) is 25.3 Å². The molecule has 7 heteroatoms. The Hall–Kier alpha value is -4.13. The number of amides is 2. The maximum absolute atomic E-state index is 13.9. The van der Waals surface area contributed by atoms with Gasteiger partial charge in [-0.15, -0.1) is 0 Å². The Morgan fingerprint density at radius 3 is 2.54 bits per heavy atom. The fourth-order valence-electron chi connectivity index (χ4n) is 5.47. The van der Waals surface area contributed by atoms with Crippen molar-refractivity contribution >= 4 is 22.8 Å². The summed E-state index contributed by atoms with van der Waals surface area (Å²) >= 11 is 0. The number of carbonyl (C=O) groups excluding carboxylic acids is 2. The van der Waals surface area contributed by atoms with Crippen molar-refractivity contribution in [3.63, 3.8) is 0 Å². The number of benzene rings is 3. The Balaban J connectivity index is 1.33. The van der Waals surface area contributed by atoms with Crippen molar-refractivity contribution in [3.05, 3.63) is 95.8 Å². The number of para-hydroxylation sites is 2. The van der Waals surface area contributed by atoms with Crippen LogP contribution in [0.5, 0.6) is 5.75 Å². The largest absolute Gasteiger partial charge is 0.497 e. The molecule has 1 heterocycles. The molecule has 3 aromatic carbocycles. The second-order valence-corrected chi connectivity index (χ2v) is 10.1. The Morgan fingerprint density at radius 1 is 0.974 bits per heavy atom. The monoisotopic (exact) mass is 524 g/mol. The van der Waals surface area contributed by atoms with Crippen molar-refractivity contribution in [1.82, 2.24) is 19.8 Å². The molecule has 1 fully saturated rings. The number of hydrogen-bond acceptors (Lipinski definition) is 4. The van der Waals surface area contributed by atoms with Crippen LogP contribution in [0.25, 0.3) is 11.0 Å². The van der Waals surface area contributed by atoms with Gasteiger partial charge in [-0.3, -0.25) is 9.59 Å². The van der Waals surface area contributed by atoms with Gasteiger partial charge in [0.25, 0.3) is 5.91 Å². The summed E-state index contributed by atoms with van der Waals surface area (Å²) in [7, 11) is 1.58. The van der Waals surface area contributed by atoms with Gasteiger partial charge in [0.1, 0.15) is 18.1 Å². The van der Waals surface area contributed by atoms with E-state index in [2.05, 4.69) is 22.3 Å². The zero-order chi connectivity index (χ0) is 27.0. The van der Waals surface area contributed by atoms with Crippen LogP contribution in [0.4, 0.5) is 0 Å². The summed E-state index contributed by atoms with van der Waals surface area (Å²) in [4.78, 5) is 33.6. The molecule has 39 heavy (non-hydrogen) atoms. The predicted molar refractivity (Wildman–Crippen MR) is 153 cm³/mol. The summed E-state index contributed by atoms with van der Waals surface area (Å²) in [6.45, 7) is 1.25. The Bertz CT molecular complexity index is 1410. The molecule has 0 atom stereocenters. The minimum absolute atomic E-state index is 0.107. The number of hydrogen-bond donors (Lipinski definition) is 1. The highest BCUT2D eigenvalue weighted by Crippen LogP contribution is 2.25. The van der Waals surface area contributed by atoms with Gasteiger partial charge in [0.05, 0.1) is 18.1 Å². The smallest absolute Gasteiger partial charge is 0.251 e. The molecule has 202 valence electrons. The Morgan fingerprint density at radius 2 is 1.74 bits per heavy atom. The van der Waals surface area contributed by atoms with Crippen LogP contribution in [0.3, 0.4) is 0 Å². The molecule has 7 nitrogen and oxygen atoms in total. The average molecular weight is 525 g/mol. The maximum Gasteiger partial charge on any atom is 0.251 e. The SMILES string of the molecule is COc1cccc(C(=O)NCCc2nc3ccccc3n2CC(=O)N(Cc2ccccc2)C2CCCCC2)c1. The van der Waals surface area contributed by atoms with Crippen LogP contribution < -0.4 is 10.1 Å². The summed E-state index contributed by atoms with van der Waals surface area (Å²) < 4.78 is 7.26. The number of ether oxygens (including phenoxy) is 1. The van der Waals surface area contributed by atoms with Crippen LogP contribution in [-0.4, -0.2) is 46.0 Å². The molecule has 0 spiro atoms. The molecule has 0 radical (unpaired) electrons. The van der Waals surface area contributed by atoms with E-state index in [0.29, 0.717) is 30.8 Å². The van der Waals surface area contributed by atoms with Crippen LogP contribution in [-0.2, 0) is 24.3 Å². The quantitative estimate of drug-likeness (QED) is 0.302. The van der Waals surface area contributed by atoms with E-state index < -0.39 is 0 Å². The number of nitrogens with one attached hydrogen (secondary N) is 1. The van der Waals surface area contributed by atoms with E-state index >= 15 is 0 Å². The number of imidazole rings is 1. The van der Waals surface area contributed by atoms with Crippen molar-refractivity contribution in [2.45, 2.75) is 57.7 Å². The number of methoxy groups -OCH3 is 1. The van der Waals surface area contributed by atoms with E-state index in [1.165, 1.54) is 6.42 Å². The number of aromatic nitrogens is 2. The highest BCUT2D eigenvalue weighted by atomic mass is 16.5. The molecule has 2 amide bonds. The van der Waals surface area contributed by atoms with Gasteiger partial charge in [-0.25, -0.2) is 4.98 Å². The van der Waals surface area contributed by atoms with E-state index in [9.17, 15) is 9.59 Å². The van der Waals surface area contributed by atoms with Crippen molar-refractivity contribution in [2.75, 3.05) is 13.7 Å². The summed E-state index contributed by atoms with van der Waals surface area (Å²) in [6, 6.07) is 25.5. The van der Waals surface area contributed by atoms with Crippen LogP contribution in [0.1, 0.15) is 53.8 Å². The van der Waals surface area contributed by atoms with Crippen LogP contribution in [0, 0.1) is 0 Å².